The number of hydrogen-bond donors (Lipinski definition) is 2. The second kappa shape index (κ2) is 7.68. The third-order valence-corrected chi connectivity index (χ3v) is 2.53. The van der Waals surface area contributed by atoms with Crippen LogP contribution >= 0.6 is 0 Å². The van der Waals surface area contributed by atoms with Crippen LogP contribution in [0, 0.1) is 0 Å². The van der Waals surface area contributed by atoms with Crippen LogP contribution in [0.15, 0.2) is 24.3 Å². The summed E-state index contributed by atoms with van der Waals surface area (Å²) >= 11 is 0. The zero-order valence-electron chi connectivity index (χ0n) is 11.0. The van der Waals surface area contributed by atoms with E-state index in [4.69, 9.17) is 10.5 Å². The molecule has 0 aromatic heterocycles. The Morgan fingerprint density at radius 3 is 2.61 bits per heavy atom. The van der Waals surface area contributed by atoms with Gasteiger partial charge >= 0.3 is 0 Å². The Labute approximate surface area is 108 Å². The highest BCUT2D eigenvalue weighted by Crippen LogP contribution is 2.14. The number of carbonyl (C=O) groups is 1. The zero-order valence-corrected chi connectivity index (χ0v) is 11.0. The predicted molar refractivity (Wildman–Crippen MR) is 72.8 cm³/mol. The molecule has 0 fully saturated rings. The Hall–Kier alpha value is -1.59. The summed E-state index contributed by atoms with van der Waals surface area (Å²) in [5.74, 6) is 0.743. The third-order valence-electron chi connectivity index (χ3n) is 2.53. The number of methoxy groups -OCH3 is 1. The van der Waals surface area contributed by atoms with Gasteiger partial charge in [0.15, 0.2) is 0 Å². The van der Waals surface area contributed by atoms with Crippen molar-refractivity contribution in [1.29, 1.82) is 0 Å². The van der Waals surface area contributed by atoms with Gasteiger partial charge in [-0.1, -0.05) is 0 Å². The smallest absolute Gasteiger partial charge is 0.238 e. The molecule has 1 rings (SSSR count). The van der Waals surface area contributed by atoms with Crippen LogP contribution in [0.25, 0.3) is 0 Å². The van der Waals surface area contributed by atoms with Crippen molar-refractivity contribution < 1.29 is 9.53 Å². The van der Waals surface area contributed by atoms with Crippen molar-refractivity contribution in [1.82, 2.24) is 4.90 Å². The van der Waals surface area contributed by atoms with Gasteiger partial charge in [0.25, 0.3) is 0 Å². The fourth-order valence-electron chi connectivity index (χ4n) is 1.56. The first-order valence-electron chi connectivity index (χ1n) is 5.98. The molecule has 0 aliphatic heterocycles. The fourth-order valence-corrected chi connectivity index (χ4v) is 1.56. The molecule has 0 bridgehead atoms. The summed E-state index contributed by atoms with van der Waals surface area (Å²) in [6.45, 7) is 1.84. The van der Waals surface area contributed by atoms with Gasteiger partial charge in [-0.3, -0.25) is 9.69 Å². The normalized spacial score (nSPS) is 10.4. The number of benzene rings is 1. The number of likely N-dealkylation sites (N-methyl/N-ethyl adjacent to an activating group) is 1. The number of anilines is 1. The van der Waals surface area contributed by atoms with Gasteiger partial charge in [-0.05, 0) is 50.8 Å². The lowest BCUT2D eigenvalue weighted by Crippen LogP contribution is -2.31. The largest absolute Gasteiger partial charge is 0.497 e. The van der Waals surface area contributed by atoms with Crippen LogP contribution in [0.3, 0.4) is 0 Å². The molecule has 100 valence electrons. The number of nitrogens with one attached hydrogen (secondary N) is 1. The first-order valence-corrected chi connectivity index (χ1v) is 5.98. The molecule has 0 saturated heterocycles. The van der Waals surface area contributed by atoms with E-state index in [1.165, 1.54) is 0 Å². The van der Waals surface area contributed by atoms with Gasteiger partial charge in [-0.25, -0.2) is 0 Å². The van der Waals surface area contributed by atoms with E-state index in [-0.39, 0.29) is 5.91 Å². The maximum atomic E-state index is 11.7. The summed E-state index contributed by atoms with van der Waals surface area (Å²) in [5.41, 5.74) is 6.19. The van der Waals surface area contributed by atoms with E-state index in [0.717, 1.165) is 24.4 Å². The number of amides is 1. The number of nitrogens with two attached hydrogens (primary N) is 1. The van der Waals surface area contributed by atoms with Crippen molar-refractivity contribution >= 4 is 11.6 Å². The highest BCUT2D eigenvalue weighted by atomic mass is 16.5. The standard InChI is InChI=1S/C13H21N3O2/c1-16(9-3-8-14)10-13(17)15-11-4-6-12(18-2)7-5-11/h4-7H,3,8-10,14H2,1-2H3,(H,15,17). The second-order valence-electron chi connectivity index (χ2n) is 4.16. The van der Waals surface area contributed by atoms with Gasteiger partial charge in [0.1, 0.15) is 5.75 Å². The maximum Gasteiger partial charge on any atom is 0.238 e. The van der Waals surface area contributed by atoms with Gasteiger partial charge in [0.2, 0.25) is 5.91 Å². The quantitative estimate of drug-likeness (QED) is 0.756. The van der Waals surface area contributed by atoms with Crippen molar-refractivity contribution in [2.45, 2.75) is 6.42 Å². The molecule has 0 saturated carbocycles. The number of ether oxygens (including phenoxy) is 1. The zero-order chi connectivity index (χ0) is 13.4. The summed E-state index contributed by atoms with van der Waals surface area (Å²) < 4.78 is 5.05. The molecule has 0 aliphatic rings. The topological polar surface area (TPSA) is 67.6 Å². The van der Waals surface area contributed by atoms with Crippen molar-refractivity contribution in [3.05, 3.63) is 24.3 Å². The minimum Gasteiger partial charge on any atom is -0.497 e. The average Bonchev–Trinajstić information content (AvgIpc) is 2.37. The molecule has 0 radical (unpaired) electrons. The van der Waals surface area contributed by atoms with Gasteiger partial charge < -0.3 is 15.8 Å². The maximum absolute atomic E-state index is 11.7. The Morgan fingerprint density at radius 1 is 1.39 bits per heavy atom. The van der Waals surface area contributed by atoms with Crippen molar-refractivity contribution in [3.8, 4) is 5.75 Å². The molecular formula is C13H21N3O2. The Morgan fingerprint density at radius 2 is 2.06 bits per heavy atom. The fraction of sp³-hybridized carbons (Fsp3) is 0.462. The number of hydrogen-bond acceptors (Lipinski definition) is 4. The Balaban J connectivity index is 2.39. The van der Waals surface area contributed by atoms with E-state index in [1.54, 1.807) is 7.11 Å². The molecule has 0 atom stereocenters. The molecule has 1 amide bonds. The highest BCUT2D eigenvalue weighted by Gasteiger charge is 2.06. The van der Waals surface area contributed by atoms with Crippen molar-refractivity contribution in [2.75, 3.05) is 39.1 Å². The monoisotopic (exact) mass is 251 g/mol. The molecule has 5 heteroatoms. The van der Waals surface area contributed by atoms with E-state index < -0.39 is 0 Å². The Kier molecular flexibility index (Phi) is 6.18. The molecule has 3 N–H and O–H groups in total. The van der Waals surface area contributed by atoms with Gasteiger partial charge in [0, 0.05) is 5.69 Å². The number of carbonyl (C=O) groups excluding carboxylic acids is 1. The van der Waals surface area contributed by atoms with Gasteiger partial charge in [-0.2, -0.15) is 0 Å². The van der Waals surface area contributed by atoms with Crippen molar-refractivity contribution in [3.63, 3.8) is 0 Å². The van der Waals surface area contributed by atoms with Crippen LogP contribution in [0.1, 0.15) is 6.42 Å². The molecule has 0 aliphatic carbocycles. The lowest BCUT2D eigenvalue weighted by atomic mass is 10.3. The SMILES string of the molecule is COc1ccc(NC(=O)CN(C)CCCN)cc1. The summed E-state index contributed by atoms with van der Waals surface area (Å²) in [6.07, 6.45) is 0.895. The minimum atomic E-state index is -0.0281. The van der Waals surface area contributed by atoms with E-state index in [2.05, 4.69) is 5.32 Å². The predicted octanol–water partition coefficient (Wildman–Crippen LogP) is 0.914. The third kappa shape index (κ3) is 5.16. The molecule has 0 spiro atoms. The molecule has 5 nitrogen and oxygen atoms in total. The van der Waals surface area contributed by atoms with Crippen LogP contribution in [0.5, 0.6) is 5.75 Å². The van der Waals surface area contributed by atoms with Crippen LogP contribution in [0.4, 0.5) is 5.69 Å². The second-order valence-corrected chi connectivity index (χ2v) is 4.16. The van der Waals surface area contributed by atoms with Crippen LogP contribution in [-0.4, -0.2) is 44.6 Å². The lowest BCUT2D eigenvalue weighted by molar-refractivity contribution is -0.117. The van der Waals surface area contributed by atoms with E-state index in [9.17, 15) is 4.79 Å². The summed E-state index contributed by atoms with van der Waals surface area (Å²) in [5, 5.41) is 2.83. The summed E-state index contributed by atoms with van der Waals surface area (Å²) in [7, 11) is 3.52. The molecular weight excluding hydrogens is 230 g/mol. The minimum absolute atomic E-state index is 0.0281. The van der Waals surface area contributed by atoms with E-state index in [1.807, 2.05) is 36.2 Å². The Bertz CT molecular complexity index is 365. The van der Waals surface area contributed by atoms with Gasteiger partial charge in [0.05, 0.1) is 13.7 Å². The molecule has 0 heterocycles. The lowest BCUT2D eigenvalue weighted by Gasteiger charge is -2.15. The molecule has 0 unspecified atom stereocenters. The first-order chi connectivity index (χ1) is 8.65. The van der Waals surface area contributed by atoms with E-state index in [0.29, 0.717) is 13.1 Å². The first kappa shape index (κ1) is 14.5. The number of nitrogens with zero attached hydrogens (tertiary/aromatic N) is 1. The summed E-state index contributed by atoms with van der Waals surface area (Å²) in [4.78, 5) is 13.7. The van der Waals surface area contributed by atoms with Crippen molar-refractivity contribution in [2.24, 2.45) is 5.73 Å². The average molecular weight is 251 g/mol. The van der Waals surface area contributed by atoms with E-state index >= 15 is 0 Å². The molecule has 18 heavy (non-hydrogen) atoms. The highest BCUT2D eigenvalue weighted by molar-refractivity contribution is 5.92. The van der Waals surface area contributed by atoms with Crippen LogP contribution in [-0.2, 0) is 4.79 Å². The summed E-state index contributed by atoms with van der Waals surface area (Å²) in [6, 6.07) is 7.26. The van der Waals surface area contributed by atoms with Crippen LogP contribution in [0.2, 0.25) is 0 Å². The van der Waals surface area contributed by atoms with Gasteiger partial charge in [-0.15, -0.1) is 0 Å². The van der Waals surface area contributed by atoms with Crippen LogP contribution < -0.4 is 15.8 Å². The molecule has 1 aromatic rings. The number of rotatable bonds is 7. The molecule has 1 aromatic carbocycles.